The Morgan fingerprint density at radius 1 is 1.17 bits per heavy atom. The second-order valence-electron chi connectivity index (χ2n) is 4.99. The summed E-state index contributed by atoms with van der Waals surface area (Å²) in [5, 5.41) is 2.55. The van der Waals surface area contributed by atoms with Crippen LogP contribution in [0.15, 0.2) is 39.2 Å². The van der Waals surface area contributed by atoms with Gasteiger partial charge in [-0.05, 0) is 37.3 Å². The second kappa shape index (κ2) is 7.96. The highest BCUT2D eigenvalue weighted by atomic mass is 16.5. The number of carbonyl (C=O) groups excluding carboxylic acids is 3. The summed E-state index contributed by atoms with van der Waals surface area (Å²) in [6.45, 7) is 2.92. The summed E-state index contributed by atoms with van der Waals surface area (Å²) in [6.07, 6.45) is 2.63. The third-order valence-corrected chi connectivity index (χ3v) is 2.94. The Hall–Kier alpha value is -3.09. The zero-order valence-corrected chi connectivity index (χ0v) is 13.3. The molecule has 7 heteroatoms. The largest absolute Gasteiger partial charge is 0.462 e. The number of esters is 1. The Labute approximate surface area is 138 Å². The summed E-state index contributed by atoms with van der Waals surface area (Å²) < 4.78 is 15.4. The number of Topliss-reactive ketones (excluding diaryl/α,β-unsaturated/α-hetero) is 1. The minimum atomic E-state index is -0.664. The number of aryl methyl sites for hydroxylation is 1. The van der Waals surface area contributed by atoms with Gasteiger partial charge in [0.25, 0.3) is 0 Å². The van der Waals surface area contributed by atoms with E-state index in [0.29, 0.717) is 11.5 Å². The summed E-state index contributed by atoms with van der Waals surface area (Å²) in [6, 6.07) is 6.52. The average molecular weight is 331 g/mol. The number of ketones is 1. The van der Waals surface area contributed by atoms with Gasteiger partial charge in [0.2, 0.25) is 11.7 Å². The fourth-order valence-corrected chi connectivity index (χ4v) is 1.78. The predicted octanol–water partition coefficient (Wildman–Crippen LogP) is 2.26. The number of ether oxygens (including phenoxy) is 1. The van der Waals surface area contributed by atoms with E-state index in [1.54, 1.807) is 25.1 Å². The lowest BCUT2D eigenvalue weighted by molar-refractivity contribution is -0.136. The predicted molar refractivity (Wildman–Crippen MR) is 84.0 cm³/mol. The Balaban J connectivity index is 1.81. The number of amides is 1. The fraction of sp³-hybridized carbons (Fsp3) is 0.235. The van der Waals surface area contributed by atoms with Crippen LogP contribution >= 0.6 is 0 Å². The normalized spacial score (nSPS) is 10.8. The standard InChI is InChI=1S/C17H17NO6/c1-11-3-4-13(23-11)6-8-17(21)22-10-15(20)16-7-5-14(24-16)9-18-12(2)19/h3-8H,9-10H2,1-2H3,(H,18,19). The Morgan fingerprint density at radius 3 is 2.62 bits per heavy atom. The smallest absolute Gasteiger partial charge is 0.331 e. The van der Waals surface area contributed by atoms with E-state index in [1.807, 2.05) is 0 Å². The maximum absolute atomic E-state index is 11.9. The molecule has 0 aliphatic heterocycles. The fourth-order valence-electron chi connectivity index (χ4n) is 1.78. The van der Waals surface area contributed by atoms with E-state index in [-0.39, 0.29) is 18.2 Å². The van der Waals surface area contributed by atoms with Crippen molar-refractivity contribution in [2.45, 2.75) is 20.4 Å². The van der Waals surface area contributed by atoms with Crippen molar-refractivity contribution in [3.05, 3.63) is 53.4 Å². The molecule has 0 bridgehead atoms. The van der Waals surface area contributed by atoms with Crippen molar-refractivity contribution in [2.75, 3.05) is 6.61 Å². The molecule has 0 saturated carbocycles. The Kier molecular flexibility index (Phi) is 5.73. The van der Waals surface area contributed by atoms with E-state index >= 15 is 0 Å². The third kappa shape index (κ3) is 5.28. The molecule has 126 valence electrons. The Morgan fingerprint density at radius 2 is 1.96 bits per heavy atom. The van der Waals surface area contributed by atoms with Gasteiger partial charge in [0, 0.05) is 13.0 Å². The Bertz CT molecular complexity index is 768. The molecule has 0 saturated heterocycles. The topological polar surface area (TPSA) is 98.8 Å². The number of carbonyl (C=O) groups is 3. The molecule has 1 N–H and O–H groups in total. The molecule has 7 nitrogen and oxygen atoms in total. The number of hydrogen-bond acceptors (Lipinski definition) is 6. The molecule has 24 heavy (non-hydrogen) atoms. The zero-order valence-electron chi connectivity index (χ0n) is 13.3. The average Bonchev–Trinajstić information content (AvgIpc) is 3.17. The quantitative estimate of drug-likeness (QED) is 0.475. The van der Waals surface area contributed by atoms with E-state index in [1.165, 1.54) is 25.1 Å². The molecular weight excluding hydrogens is 314 g/mol. The molecule has 0 aliphatic carbocycles. The van der Waals surface area contributed by atoms with Crippen LogP contribution in [0.5, 0.6) is 0 Å². The highest BCUT2D eigenvalue weighted by molar-refractivity contribution is 5.96. The SMILES string of the molecule is CC(=O)NCc1ccc(C(=O)COC(=O)C=Cc2ccc(C)o2)o1. The molecule has 1 amide bonds. The van der Waals surface area contributed by atoms with Gasteiger partial charge < -0.3 is 18.9 Å². The molecule has 0 aromatic carbocycles. The molecular formula is C17H17NO6. The van der Waals surface area contributed by atoms with Crippen LogP contribution in [-0.4, -0.2) is 24.3 Å². The lowest BCUT2D eigenvalue weighted by Crippen LogP contribution is -2.18. The van der Waals surface area contributed by atoms with Crippen molar-refractivity contribution in [2.24, 2.45) is 0 Å². The van der Waals surface area contributed by atoms with Crippen LogP contribution in [0.1, 0.15) is 34.8 Å². The lowest BCUT2D eigenvalue weighted by Gasteiger charge is -2.00. The van der Waals surface area contributed by atoms with Gasteiger partial charge in [-0.1, -0.05) is 0 Å². The first kappa shape index (κ1) is 17.3. The molecule has 0 radical (unpaired) electrons. The van der Waals surface area contributed by atoms with Crippen molar-refractivity contribution in [3.63, 3.8) is 0 Å². The summed E-state index contributed by atoms with van der Waals surface area (Å²) in [7, 11) is 0. The van der Waals surface area contributed by atoms with Gasteiger partial charge in [0.1, 0.15) is 17.3 Å². The minimum absolute atomic E-state index is 0.0637. The van der Waals surface area contributed by atoms with Crippen LogP contribution in [0.4, 0.5) is 0 Å². The van der Waals surface area contributed by atoms with Crippen LogP contribution in [0, 0.1) is 6.92 Å². The third-order valence-electron chi connectivity index (χ3n) is 2.94. The van der Waals surface area contributed by atoms with Crippen molar-refractivity contribution in [1.29, 1.82) is 0 Å². The van der Waals surface area contributed by atoms with Gasteiger partial charge in [-0.25, -0.2) is 4.79 Å². The highest BCUT2D eigenvalue weighted by Gasteiger charge is 2.13. The monoisotopic (exact) mass is 331 g/mol. The van der Waals surface area contributed by atoms with E-state index in [4.69, 9.17) is 13.6 Å². The molecule has 0 unspecified atom stereocenters. The molecule has 0 atom stereocenters. The first-order chi connectivity index (χ1) is 11.4. The molecule has 2 aromatic rings. The van der Waals surface area contributed by atoms with Gasteiger partial charge in [-0.2, -0.15) is 0 Å². The molecule has 2 aromatic heterocycles. The molecule has 0 aliphatic rings. The summed E-state index contributed by atoms with van der Waals surface area (Å²) in [5.74, 6) is 0.408. The van der Waals surface area contributed by atoms with E-state index in [2.05, 4.69) is 5.32 Å². The molecule has 0 spiro atoms. The van der Waals surface area contributed by atoms with E-state index < -0.39 is 18.4 Å². The molecule has 2 rings (SSSR count). The second-order valence-corrected chi connectivity index (χ2v) is 4.99. The summed E-state index contributed by atoms with van der Waals surface area (Å²) >= 11 is 0. The van der Waals surface area contributed by atoms with Gasteiger partial charge >= 0.3 is 5.97 Å². The molecule has 0 fully saturated rings. The number of nitrogens with one attached hydrogen (secondary N) is 1. The van der Waals surface area contributed by atoms with Crippen LogP contribution in [0.25, 0.3) is 6.08 Å². The van der Waals surface area contributed by atoms with Gasteiger partial charge in [0.05, 0.1) is 6.54 Å². The van der Waals surface area contributed by atoms with Crippen LogP contribution in [0.2, 0.25) is 0 Å². The summed E-state index contributed by atoms with van der Waals surface area (Å²) in [5.41, 5.74) is 0. The van der Waals surface area contributed by atoms with Crippen molar-refractivity contribution in [1.82, 2.24) is 5.32 Å². The number of rotatable bonds is 7. The van der Waals surface area contributed by atoms with E-state index in [9.17, 15) is 14.4 Å². The van der Waals surface area contributed by atoms with Crippen molar-refractivity contribution >= 4 is 23.7 Å². The highest BCUT2D eigenvalue weighted by Crippen LogP contribution is 2.10. The minimum Gasteiger partial charge on any atom is -0.462 e. The van der Waals surface area contributed by atoms with Gasteiger partial charge in [-0.3, -0.25) is 9.59 Å². The first-order valence-corrected chi connectivity index (χ1v) is 7.21. The number of hydrogen-bond donors (Lipinski definition) is 1. The maximum atomic E-state index is 11.9. The van der Waals surface area contributed by atoms with Crippen molar-refractivity contribution in [3.8, 4) is 0 Å². The van der Waals surface area contributed by atoms with E-state index in [0.717, 1.165) is 5.76 Å². The zero-order chi connectivity index (χ0) is 17.5. The van der Waals surface area contributed by atoms with Crippen molar-refractivity contribution < 1.29 is 28.0 Å². The van der Waals surface area contributed by atoms with Crippen LogP contribution in [-0.2, 0) is 20.9 Å². The molecule has 2 heterocycles. The van der Waals surface area contributed by atoms with Gasteiger partial charge in [-0.15, -0.1) is 0 Å². The lowest BCUT2D eigenvalue weighted by atomic mass is 10.3. The van der Waals surface area contributed by atoms with Crippen LogP contribution < -0.4 is 5.32 Å². The first-order valence-electron chi connectivity index (χ1n) is 7.21. The van der Waals surface area contributed by atoms with Crippen LogP contribution in [0.3, 0.4) is 0 Å². The summed E-state index contributed by atoms with van der Waals surface area (Å²) in [4.78, 5) is 34.2. The maximum Gasteiger partial charge on any atom is 0.331 e. The number of furan rings is 2. The van der Waals surface area contributed by atoms with Gasteiger partial charge in [0.15, 0.2) is 12.4 Å².